The molecule has 1 unspecified atom stereocenters. The molecule has 1 N–H and O–H groups in total. The normalized spacial score (nSPS) is 17.2. The second-order valence-electron chi connectivity index (χ2n) is 8.53. The summed E-state index contributed by atoms with van der Waals surface area (Å²) in [7, 11) is 0. The molecule has 168 valence electrons. The molecule has 32 heavy (non-hydrogen) atoms. The summed E-state index contributed by atoms with van der Waals surface area (Å²) in [6.07, 6.45) is -2.32. The minimum atomic E-state index is -4.91. The number of piperidine rings is 1. The predicted octanol–water partition coefficient (Wildman–Crippen LogP) is 4.50. The summed E-state index contributed by atoms with van der Waals surface area (Å²) < 4.78 is 44.4. The monoisotopic (exact) mass is 442 g/mol. The van der Waals surface area contributed by atoms with Gasteiger partial charge in [0.15, 0.2) is 0 Å². The van der Waals surface area contributed by atoms with Crippen LogP contribution in [0.15, 0.2) is 42.5 Å². The average molecular weight is 442 g/mol. The van der Waals surface area contributed by atoms with Crippen molar-refractivity contribution in [2.45, 2.75) is 44.5 Å². The first-order chi connectivity index (χ1) is 15.2. The number of benzene rings is 2. The Morgan fingerprint density at radius 2 is 1.84 bits per heavy atom. The third-order valence-corrected chi connectivity index (χ3v) is 6.06. The van der Waals surface area contributed by atoms with Crippen LogP contribution in [0.25, 0.3) is 10.9 Å². The molecular formula is C24H25F3N4O. The fraction of sp³-hybridized carbons (Fsp3) is 0.417. The zero-order valence-corrected chi connectivity index (χ0v) is 17.9. The first-order valence-corrected chi connectivity index (χ1v) is 10.7. The van der Waals surface area contributed by atoms with Crippen LogP contribution in [0.2, 0.25) is 0 Å². The third kappa shape index (κ3) is 4.23. The lowest BCUT2D eigenvalue weighted by molar-refractivity contribution is -0.273. The van der Waals surface area contributed by atoms with E-state index in [1.54, 1.807) is 4.90 Å². The van der Waals surface area contributed by atoms with E-state index in [-0.39, 0.29) is 11.9 Å². The van der Waals surface area contributed by atoms with Crippen LogP contribution >= 0.6 is 0 Å². The fourth-order valence-electron chi connectivity index (χ4n) is 4.39. The van der Waals surface area contributed by atoms with Gasteiger partial charge in [0.2, 0.25) is 5.60 Å². The number of aryl methyl sites for hydroxylation is 1. The van der Waals surface area contributed by atoms with Gasteiger partial charge in [-0.1, -0.05) is 36.2 Å². The molecule has 0 aliphatic carbocycles. The molecule has 2 heterocycles. The molecule has 0 amide bonds. The van der Waals surface area contributed by atoms with Crippen molar-refractivity contribution in [3.8, 4) is 6.07 Å². The van der Waals surface area contributed by atoms with Crippen molar-refractivity contribution in [1.29, 1.82) is 5.26 Å². The number of aromatic nitrogens is 2. The van der Waals surface area contributed by atoms with Gasteiger partial charge in [0.05, 0.1) is 23.7 Å². The van der Waals surface area contributed by atoms with Crippen molar-refractivity contribution >= 4 is 10.9 Å². The van der Waals surface area contributed by atoms with E-state index in [9.17, 15) is 23.5 Å². The highest BCUT2D eigenvalue weighted by Crippen LogP contribution is 2.42. The minimum Gasteiger partial charge on any atom is -0.374 e. The van der Waals surface area contributed by atoms with Crippen LogP contribution in [0.4, 0.5) is 13.2 Å². The maximum atomic E-state index is 14.3. The number of hydrogen-bond acceptors (Lipinski definition) is 4. The van der Waals surface area contributed by atoms with Crippen molar-refractivity contribution in [2.24, 2.45) is 0 Å². The molecule has 8 heteroatoms. The first kappa shape index (κ1) is 22.3. The van der Waals surface area contributed by atoms with Gasteiger partial charge in [-0.15, -0.1) is 0 Å². The number of fused-ring (bicyclic) bond motifs is 1. The summed E-state index contributed by atoms with van der Waals surface area (Å²) in [5.41, 5.74) is -0.927. The third-order valence-electron chi connectivity index (χ3n) is 6.06. The van der Waals surface area contributed by atoms with Gasteiger partial charge in [-0.05, 0) is 56.6 Å². The van der Waals surface area contributed by atoms with Crippen LogP contribution in [0.5, 0.6) is 0 Å². The van der Waals surface area contributed by atoms with Crippen LogP contribution in [0.1, 0.15) is 41.6 Å². The Morgan fingerprint density at radius 3 is 2.50 bits per heavy atom. The second kappa shape index (κ2) is 8.57. The molecule has 1 saturated heterocycles. The van der Waals surface area contributed by atoms with E-state index in [2.05, 4.69) is 5.10 Å². The number of nitriles is 1. The Bertz CT molecular complexity index is 1160. The standard InChI is InChI=1S/C24H25F3N4O/c1-17-6-5-7-19(12-17)15-31-21-13-18(14-28)8-9-20(21)22(29-31)23(32,24(25,26)27)16-30-10-3-2-4-11-30/h5-9,12-13,32H,2-4,10-11,15-16H2,1H3. The van der Waals surface area contributed by atoms with Crippen molar-refractivity contribution in [3.05, 3.63) is 64.8 Å². The lowest BCUT2D eigenvalue weighted by Gasteiger charge is -2.36. The molecular weight excluding hydrogens is 417 g/mol. The highest BCUT2D eigenvalue weighted by Gasteiger charge is 2.58. The number of aliphatic hydroxyl groups is 1. The highest BCUT2D eigenvalue weighted by molar-refractivity contribution is 5.84. The molecule has 1 aromatic heterocycles. The summed E-state index contributed by atoms with van der Waals surface area (Å²) in [5, 5.41) is 24.9. The Morgan fingerprint density at radius 1 is 1.09 bits per heavy atom. The van der Waals surface area contributed by atoms with Gasteiger partial charge >= 0.3 is 6.18 Å². The molecule has 4 rings (SSSR count). The van der Waals surface area contributed by atoms with Gasteiger partial charge in [-0.3, -0.25) is 9.58 Å². The topological polar surface area (TPSA) is 65.1 Å². The van der Waals surface area contributed by atoms with E-state index in [0.717, 1.165) is 30.4 Å². The molecule has 1 aliphatic heterocycles. The summed E-state index contributed by atoms with van der Waals surface area (Å²) >= 11 is 0. The Kier molecular flexibility index (Phi) is 5.97. The Labute approximate surface area is 184 Å². The van der Waals surface area contributed by atoms with E-state index < -0.39 is 24.0 Å². The summed E-state index contributed by atoms with van der Waals surface area (Å²) in [5.74, 6) is 0. The van der Waals surface area contributed by atoms with E-state index in [1.165, 1.54) is 22.9 Å². The number of halogens is 3. The quantitative estimate of drug-likeness (QED) is 0.632. The molecule has 1 fully saturated rings. The lowest BCUT2D eigenvalue weighted by Crippen LogP contribution is -2.52. The molecule has 0 saturated carbocycles. The largest absolute Gasteiger partial charge is 0.424 e. The van der Waals surface area contributed by atoms with Crippen molar-refractivity contribution in [1.82, 2.24) is 14.7 Å². The van der Waals surface area contributed by atoms with E-state index in [0.29, 0.717) is 24.2 Å². The predicted molar refractivity (Wildman–Crippen MR) is 115 cm³/mol. The van der Waals surface area contributed by atoms with Crippen LogP contribution in [0, 0.1) is 18.3 Å². The van der Waals surface area contributed by atoms with E-state index in [1.807, 2.05) is 37.3 Å². The molecule has 0 radical (unpaired) electrons. The van der Waals surface area contributed by atoms with Crippen molar-refractivity contribution in [3.63, 3.8) is 0 Å². The SMILES string of the molecule is Cc1cccc(Cn2nc(C(O)(CN3CCCCC3)C(F)(F)F)c3ccc(C#N)cc32)c1. The number of hydrogen-bond donors (Lipinski definition) is 1. The zero-order chi connectivity index (χ0) is 22.9. The van der Waals surface area contributed by atoms with E-state index in [4.69, 9.17) is 0 Å². The molecule has 0 bridgehead atoms. The molecule has 0 spiro atoms. The lowest BCUT2D eigenvalue weighted by atomic mass is 9.93. The van der Waals surface area contributed by atoms with E-state index >= 15 is 0 Å². The van der Waals surface area contributed by atoms with Gasteiger partial charge in [-0.2, -0.15) is 23.5 Å². The first-order valence-electron chi connectivity index (χ1n) is 10.7. The van der Waals surface area contributed by atoms with Crippen LogP contribution in [0.3, 0.4) is 0 Å². The second-order valence-corrected chi connectivity index (χ2v) is 8.53. The highest BCUT2D eigenvalue weighted by atomic mass is 19.4. The smallest absolute Gasteiger partial charge is 0.374 e. The maximum absolute atomic E-state index is 14.3. The van der Waals surface area contributed by atoms with Crippen molar-refractivity contribution in [2.75, 3.05) is 19.6 Å². The number of β-amino-alcohol motifs (C(OH)–C–C–N with tert-alkyl or cyclic N) is 1. The average Bonchev–Trinajstić information content (AvgIpc) is 3.11. The molecule has 5 nitrogen and oxygen atoms in total. The molecule has 1 aliphatic rings. The summed E-state index contributed by atoms with van der Waals surface area (Å²) in [6.45, 7) is 2.63. The van der Waals surface area contributed by atoms with Crippen LogP contribution < -0.4 is 0 Å². The van der Waals surface area contributed by atoms with Gasteiger partial charge in [0, 0.05) is 11.9 Å². The Hall–Kier alpha value is -2.89. The molecule has 1 atom stereocenters. The van der Waals surface area contributed by atoms with Gasteiger partial charge in [0.1, 0.15) is 5.69 Å². The molecule has 2 aromatic carbocycles. The van der Waals surface area contributed by atoms with Gasteiger partial charge < -0.3 is 5.11 Å². The minimum absolute atomic E-state index is 0.202. The van der Waals surface area contributed by atoms with Crippen LogP contribution in [-0.4, -0.2) is 45.6 Å². The number of nitrogens with zero attached hydrogens (tertiary/aromatic N) is 4. The fourth-order valence-corrected chi connectivity index (χ4v) is 4.39. The van der Waals surface area contributed by atoms with Gasteiger partial charge in [-0.25, -0.2) is 0 Å². The maximum Gasteiger partial charge on any atom is 0.424 e. The number of rotatable bonds is 5. The van der Waals surface area contributed by atoms with Crippen molar-refractivity contribution < 1.29 is 18.3 Å². The summed E-state index contributed by atoms with van der Waals surface area (Å²) in [4.78, 5) is 1.66. The summed E-state index contributed by atoms with van der Waals surface area (Å²) in [6, 6.07) is 14.1. The number of alkyl halides is 3. The van der Waals surface area contributed by atoms with Crippen LogP contribution in [-0.2, 0) is 12.1 Å². The Balaban J connectivity index is 1.85. The molecule has 3 aromatic rings. The zero-order valence-electron chi connectivity index (χ0n) is 17.9. The number of likely N-dealkylation sites (tertiary alicyclic amines) is 1. The van der Waals surface area contributed by atoms with Gasteiger partial charge in [0.25, 0.3) is 0 Å².